The normalized spacial score (nSPS) is 11.8. The summed E-state index contributed by atoms with van der Waals surface area (Å²) in [5.41, 5.74) is 10.4. The summed E-state index contributed by atoms with van der Waals surface area (Å²) in [5, 5.41) is 2.24. The molecule has 0 saturated heterocycles. The van der Waals surface area contributed by atoms with Gasteiger partial charge in [-0.15, -0.1) is 0 Å². The Labute approximate surface area is 254 Å². The highest BCUT2D eigenvalue weighted by molar-refractivity contribution is 6.18. The molecule has 0 N–H and O–H groups in total. The van der Waals surface area contributed by atoms with Gasteiger partial charge < -0.3 is 4.74 Å². The molecule has 1 aliphatic rings. The molecule has 3 heterocycles. The van der Waals surface area contributed by atoms with E-state index in [9.17, 15) is 0 Å². The second-order valence-corrected chi connectivity index (χ2v) is 11.0. The molecule has 0 atom stereocenters. The van der Waals surface area contributed by atoms with Crippen LogP contribution in [0.2, 0.25) is 0 Å². The molecule has 0 spiro atoms. The van der Waals surface area contributed by atoms with Crippen molar-refractivity contribution in [3.05, 3.63) is 152 Å². The zero-order valence-electron chi connectivity index (χ0n) is 23.7. The van der Waals surface area contributed by atoms with Gasteiger partial charge in [0.25, 0.3) is 0 Å². The number of fused-ring (bicyclic) bond motifs is 9. The molecule has 0 radical (unpaired) electrons. The van der Waals surface area contributed by atoms with Crippen molar-refractivity contribution >= 4 is 21.8 Å². The lowest BCUT2D eigenvalue weighted by Gasteiger charge is -2.13. The summed E-state index contributed by atoms with van der Waals surface area (Å²) < 4.78 is 8.87. The van der Waals surface area contributed by atoms with Crippen LogP contribution >= 0.6 is 0 Å². The minimum Gasteiger partial charge on any atom is -0.456 e. The zero-order chi connectivity index (χ0) is 29.0. The third-order valence-corrected chi connectivity index (χ3v) is 8.45. The predicted octanol–water partition coefficient (Wildman–Crippen LogP) is 10.3. The first-order valence-electron chi connectivity index (χ1n) is 14.8. The molecule has 9 rings (SSSR count). The van der Waals surface area contributed by atoms with Gasteiger partial charge in [-0.25, -0.2) is 9.97 Å². The van der Waals surface area contributed by atoms with Crippen molar-refractivity contribution in [3.8, 4) is 62.2 Å². The van der Waals surface area contributed by atoms with Gasteiger partial charge in [-0.1, -0.05) is 121 Å². The number of ether oxygens (including phenoxy) is 1. The highest BCUT2D eigenvalue weighted by Crippen LogP contribution is 2.51. The van der Waals surface area contributed by atoms with E-state index in [1.165, 1.54) is 0 Å². The van der Waals surface area contributed by atoms with Crippen molar-refractivity contribution in [2.45, 2.75) is 0 Å². The van der Waals surface area contributed by atoms with Crippen molar-refractivity contribution in [2.75, 3.05) is 0 Å². The molecule has 6 aromatic carbocycles. The first kappa shape index (κ1) is 24.6. The second-order valence-electron chi connectivity index (χ2n) is 11.0. The molecule has 4 heteroatoms. The van der Waals surface area contributed by atoms with Crippen LogP contribution in [0.1, 0.15) is 0 Å². The van der Waals surface area contributed by atoms with E-state index in [1.807, 2.05) is 48.5 Å². The number of hydrogen-bond donors (Lipinski definition) is 0. The summed E-state index contributed by atoms with van der Waals surface area (Å²) in [6.45, 7) is 0. The van der Waals surface area contributed by atoms with Gasteiger partial charge in [0, 0.05) is 33.0 Å². The van der Waals surface area contributed by atoms with Gasteiger partial charge in [0.1, 0.15) is 11.5 Å². The van der Waals surface area contributed by atoms with Gasteiger partial charge >= 0.3 is 0 Å². The lowest BCUT2D eigenvalue weighted by atomic mass is 9.92. The summed E-state index contributed by atoms with van der Waals surface area (Å²) in [7, 11) is 0. The van der Waals surface area contributed by atoms with Crippen LogP contribution in [0.4, 0.5) is 0 Å². The van der Waals surface area contributed by atoms with Gasteiger partial charge in [0.15, 0.2) is 0 Å². The summed E-state index contributed by atoms with van der Waals surface area (Å²) >= 11 is 0. The van der Waals surface area contributed by atoms with Crippen LogP contribution < -0.4 is 4.74 Å². The Bertz CT molecular complexity index is 2300. The van der Waals surface area contributed by atoms with Crippen LogP contribution in [-0.2, 0) is 0 Å². The van der Waals surface area contributed by atoms with E-state index < -0.39 is 0 Å². The van der Waals surface area contributed by atoms with Crippen molar-refractivity contribution in [3.63, 3.8) is 0 Å². The first-order valence-corrected chi connectivity index (χ1v) is 14.8. The topological polar surface area (TPSA) is 39.9 Å². The maximum Gasteiger partial charge on any atom is 0.235 e. The molecule has 0 unspecified atom stereocenters. The van der Waals surface area contributed by atoms with Gasteiger partial charge in [0.2, 0.25) is 5.95 Å². The molecule has 8 aromatic rings. The Morgan fingerprint density at radius 2 is 1.05 bits per heavy atom. The molecule has 0 saturated carbocycles. The van der Waals surface area contributed by atoms with Gasteiger partial charge in [0.05, 0.1) is 22.4 Å². The molecule has 4 nitrogen and oxygen atoms in total. The quantitative estimate of drug-likeness (QED) is 0.215. The molecular formula is C40H25N3O. The molecule has 2 aromatic heterocycles. The van der Waals surface area contributed by atoms with Crippen molar-refractivity contribution in [1.82, 2.24) is 14.5 Å². The Morgan fingerprint density at radius 1 is 0.455 bits per heavy atom. The van der Waals surface area contributed by atoms with E-state index in [1.54, 1.807) is 0 Å². The fourth-order valence-electron chi connectivity index (χ4n) is 6.49. The van der Waals surface area contributed by atoms with Gasteiger partial charge in [-0.3, -0.25) is 4.57 Å². The monoisotopic (exact) mass is 563 g/mol. The number of benzene rings is 6. The Morgan fingerprint density at radius 3 is 1.77 bits per heavy atom. The van der Waals surface area contributed by atoms with Crippen molar-refractivity contribution < 1.29 is 4.74 Å². The van der Waals surface area contributed by atoms with E-state index in [0.717, 1.165) is 78.1 Å². The van der Waals surface area contributed by atoms with E-state index in [0.29, 0.717) is 5.95 Å². The molecule has 44 heavy (non-hydrogen) atoms. The summed E-state index contributed by atoms with van der Waals surface area (Å²) in [6, 6.07) is 52.3. The Kier molecular flexibility index (Phi) is 5.47. The largest absolute Gasteiger partial charge is 0.456 e. The molecule has 0 bridgehead atoms. The summed E-state index contributed by atoms with van der Waals surface area (Å²) in [5.74, 6) is 2.32. The second kappa shape index (κ2) is 9.79. The standard InChI is InChI=1S/C40H25N3O/c1-3-13-26(14-4-1)32-25-33(27-15-5-2-6-16-27)42-40(41-32)43-34-21-11-9-20-31(34)38-35(43)23-24-37-39(38)30-19-8-7-17-28(30)29-18-10-12-22-36(29)44-37/h1-25H. The summed E-state index contributed by atoms with van der Waals surface area (Å²) in [4.78, 5) is 10.4. The fraction of sp³-hybridized carbons (Fsp3) is 0. The number of aromatic nitrogens is 3. The smallest absolute Gasteiger partial charge is 0.235 e. The van der Waals surface area contributed by atoms with E-state index in [4.69, 9.17) is 14.7 Å². The van der Waals surface area contributed by atoms with Crippen molar-refractivity contribution in [1.29, 1.82) is 0 Å². The van der Waals surface area contributed by atoms with E-state index in [2.05, 4.69) is 108 Å². The van der Waals surface area contributed by atoms with Crippen LogP contribution in [0.3, 0.4) is 0 Å². The minimum atomic E-state index is 0.627. The summed E-state index contributed by atoms with van der Waals surface area (Å²) in [6.07, 6.45) is 0. The highest BCUT2D eigenvalue weighted by Gasteiger charge is 2.26. The van der Waals surface area contributed by atoms with E-state index in [-0.39, 0.29) is 0 Å². The van der Waals surface area contributed by atoms with Crippen LogP contribution in [0.15, 0.2) is 152 Å². The lowest BCUT2D eigenvalue weighted by Crippen LogP contribution is -2.04. The average molecular weight is 564 g/mol. The maximum atomic E-state index is 6.67. The third-order valence-electron chi connectivity index (χ3n) is 8.45. The SMILES string of the molecule is c1ccc(-c2cc(-c3ccccc3)nc(-n3c4ccccc4c4c5c(ccc43)Oc3ccccc3-c3ccccc3-5)n2)cc1. The zero-order valence-corrected chi connectivity index (χ0v) is 23.7. The number of rotatable bonds is 3. The van der Waals surface area contributed by atoms with Crippen LogP contribution in [0.25, 0.3) is 72.5 Å². The van der Waals surface area contributed by atoms with E-state index >= 15 is 0 Å². The maximum absolute atomic E-state index is 6.67. The predicted molar refractivity (Wildman–Crippen MR) is 178 cm³/mol. The van der Waals surface area contributed by atoms with Crippen LogP contribution in [-0.4, -0.2) is 14.5 Å². The lowest BCUT2D eigenvalue weighted by molar-refractivity contribution is 0.488. The van der Waals surface area contributed by atoms with Crippen molar-refractivity contribution in [2.24, 2.45) is 0 Å². The third kappa shape index (κ3) is 3.78. The fourth-order valence-corrected chi connectivity index (χ4v) is 6.49. The number of para-hydroxylation sites is 2. The van der Waals surface area contributed by atoms with Gasteiger partial charge in [-0.05, 0) is 41.5 Å². The first-order chi connectivity index (χ1) is 21.8. The minimum absolute atomic E-state index is 0.627. The number of hydrogen-bond acceptors (Lipinski definition) is 3. The molecule has 0 fully saturated rings. The Hall–Kier alpha value is -6.00. The highest BCUT2D eigenvalue weighted by atomic mass is 16.5. The molecule has 0 amide bonds. The molecule has 0 aliphatic carbocycles. The molecule has 1 aliphatic heterocycles. The van der Waals surface area contributed by atoms with Gasteiger partial charge in [-0.2, -0.15) is 0 Å². The van der Waals surface area contributed by atoms with Crippen LogP contribution in [0.5, 0.6) is 11.5 Å². The molecular weight excluding hydrogens is 538 g/mol. The van der Waals surface area contributed by atoms with Crippen LogP contribution in [0, 0.1) is 0 Å². The molecule has 206 valence electrons. The average Bonchev–Trinajstić information content (AvgIpc) is 3.35. The Balaban J connectivity index is 1.38. The number of nitrogens with zero attached hydrogens (tertiary/aromatic N) is 3.